The minimum absolute atomic E-state index is 0.229. The summed E-state index contributed by atoms with van der Waals surface area (Å²) < 4.78 is 24.2. The lowest BCUT2D eigenvalue weighted by atomic mass is 10.1. The van der Waals surface area contributed by atoms with Gasteiger partial charge in [-0.3, -0.25) is 0 Å². The van der Waals surface area contributed by atoms with Crippen molar-refractivity contribution in [3.05, 3.63) is 71.7 Å². The van der Waals surface area contributed by atoms with E-state index >= 15 is 0 Å². The molecule has 0 aliphatic rings. The van der Waals surface area contributed by atoms with Gasteiger partial charge in [0, 0.05) is 11.3 Å². The van der Waals surface area contributed by atoms with E-state index in [4.69, 9.17) is 16.0 Å². The number of nitrogens with zero attached hydrogens (tertiary/aromatic N) is 1. The third kappa shape index (κ3) is 6.58. The zero-order valence-electron chi connectivity index (χ0n) is 14.1. The molecular weight excluding hydrogens is 341 g/mol. The summed E-state index contributed by atoms with van der Waals surface area (Å²) in [6, 6.07) is 12.3. The van der Waals surface area contributed by atoms with Gasteiger partial charge in [0.15, 0.2) is 0 Å². The Kier molecular flexibility index (Phi) is 8.69. The molecule has 0 aliphatic carbocycles. The molecule has 0 fully saturated rings. The molecule has 0 saturated carbocycles. The number of hydrogen-bond acceptors (Lipinski definition) is 4. The zero-order valence-corrected chi connectivity index (χ0v) is 15.0. The Morgan fingerprint density at radius 1 is 1.16 bits per heavy atom. The van der Waals surface area contributed by atoms with Crippen molar-refractivity contribution in [1.29, 1.82) is 0 Å². The van der Waals surface area contributed by atoms with Gasteiger partial charge in [-0.15, -0.1) is 0 Å². The largest absolute Gasteiger partial charge is 0.400 e. The first kappa shape index (κ1) is 20.7. The van der Waals surface area contributed by atoms with Crippen LogP contribution in [0.4, 0.5) is 10.1 Å². The zero-order chi connectivity index (χ0) is 18.8. The van der Waals surface area contributed by atoms with Crippen molar-refractivity contribution in [2.75, 3.05) is 6.61 Å². The van der Waals surface area contributed by atoms with E-state index in [1.165, 1.54) is 18.2 Å². The monoisotopic (exact) mass is 363 g/mol. The van der Waals surface area contributed by atoms with E-state index in [2.05, 4.69) is 4.99 Å². The number of rotatable bonds is 5. The summed E-state index contributed by atoms with van der Waals surface area (Å²) in [4.78, 5) is 4.92. The third-order valence-corrected chi connectivity index (χ3v) is 3.70. The first-order valence-electron chi connectivity index (χ1n) is 7.67. The van der Waals surface area contributed by atoms with Crippen molar-refractivity contribution in [2.24, 2.45) is 15.9 Å². The van der Waals surface area contributed by atoms with Gasteiger partial charge in [-0.25, -0.2) is 18.7 Å². The van der Waals surface area contributed by atoms with Gasteiger partial charge in [0.2, 0.25) is 0 Å². The summed E-state index contributed by atoms with van der Waals surface area (Å²) in [6.45, 7) is 3.69. The van der Waals surface area contributed by atoms with Crippen molar-refractivity contribution in [3.63, 3.8) is 0 Å². The average molecular weight is 363 g/mol. The van der Waals surface area contributed by atoms with Crippen LogP contribution in [0.2, 0.25) is 0 Å². The molecule has 5 N–H and O–H groups in total. The second-order valence-corrected chi connectivity index (χ2v) is 5.74. The van der Waals surface area contributed by atoms with E-state index in [1.54, 1.807) is 36.4 Å². The second kappa shape index (κ2) is 10.5. The number of halogens is 1. The molecule has 2 rings (SSSR count). The van der Waals surface area contributed by atoms with Crippen LogP contribution in [-0.2, 0) is 11.0 Å². The summed E-state index contributed by atoms with van der Waals surface area (Å²) in [5.41, 5.74) is 7.59. The first-order chi connectivity index (χ1) is 12.0. The van der Waals surface area contributed by atoms with Crippen molar-refractivity contribution in [3.8, 4) is 0 Å². The number of hydrogen-bond donors (Lipinski definition) is 3. The number of nitrogens with two attached hydrogens (primary N) is 2. The number of aliphatic hydroxyl groups is 1. The van der Waals surface area contributed by atoms with Crippen molar-refractivity contribution < 1.29 is 13.7 Å². The molecule has 0 heterocycles. The molecule has 25 heavy (non-hydrogen) atoms. The second-order valence-electron chi connectivity index (χ2n) is 4.67. The summed E-state index contributed by atoms with van der Waals surface area (Å²) in [5.74, 6) is -0.359. The minimum Gasteiger partial charge on any atom is -0.400 e. The van der Waals surface area contributed by atoms with Crippen LogP contribution in [0.1, 0.15) is 19.4 Å². The maximum atomic E-state index is 13.1. The molecule has 7 heteroatoms. The fraction of sp³-hybridized carbons (Fsp3) is 0.167. The van der Waals surface area contributed by atoms with Gasteiger partial charge in [-0.2, -0.15) is 0 Å². The van der Waals surface area contributed by atoms with Gasteiger partial charge < -0.3 is 10.8 Å². The first-order valence-corrected chi connectivity index (χ1v) is 8.88. The van der Waals surface area contributed by atoms with E-state index in [1.807, 2.05) is 13.8 Å². The molecule has 0 amide bonds. The summed E-state index contributed by atoms with van der Waals surface area (Å²) in [6.07, 6.45) is 1.52. The van der Waals surface area contributed by atoms with Crippen LogP contribution in [0, 0.1) is 5.82 Å². The quantitative estimate of drug-likeness (QED) is 0.712. The van der Waals surface area contributed by atoms with E-state index in [0.717, 1.165) is 0 Å². The Morgan fingerprint density at radius 3 is 2.20 bits per heavy atom. The lowest BCUT2D eigenvalue weighted by Crippen LogP contribution is -2.07. The Balaban J connectivity index is 0.00000151. The fourth-order valence-electron chi connectivity index (χ4n) is 1.82. The molecule has 134 valence electrons. The highest BCUT2D eigenvalue weighted by Gasteiger charge is 2.04. The van der Waals surface area contributed by atoms with Gasteiger partial charge in [0.1, 0.15) is 16.8 Å². The standard InChI is InChI=1S/C16H16FN3O2S.C2H6/c17-12-3-1-11(2-4-12)16(9-13(18)10-21)20-14-5-7-15(8-6-14)23(19)22;1-2/h1-9,21H,10,18-19H2;1-2H3/b13-9-,20-16?;. The average Bonchev–Trinajstić information content (AvgIpc) is 2.63. The van der Waals surface area contributed by atoms with Gasteiger partial charge >= 0.3 is 0 Å². The van der Waals surface area contributed by atoms with Gasteiger partial charge in [-0.1, -0.05) is 13.8 Å². The van der Waals surface area contributed by atoms with E-state index < -0.39 is 11.0 Å². The predicted octanol–water partition coefficient (Wildman–Crippen LogP) is 2.79. The normalized spacial score (nSPS) is 13.0. The number of allylic oxidation sites excluding steroid dienone is 1. The van der Waals surface area contributed by atoms with Gasteiger partial charge in [-0.05, 0) is 54.6 Å². The van der Waals surface area contributed by atoms with Crippen LogP contribution in [-0.4, -0.2) is 21.6 Å². The molecule has 1 unspecified atom stereocenters. The highest BCUT2D eigenvalue weighted by Crippen LogP contribution is 2.17. The molecule has 0 aromatic heterocycles. The molecule has 0 saturated heterocycles. The van der Waals surface area contributed by atoms with Crippen molar-refractivity contribution >= 4 is 22.4 Å². The highest BCUT2D eigenvalue weighted by atomic mass is 32.2. The van der Waals surface area contributed by atoms with Crippen molar-refractivity contribution in [2.45, 2.75) is 18.7 Å². The van der Waals surface area contributed by atoms with E-state index in [0.29, 0.717) is 21.9 Å². The topological polar surface area (TPSA) is 102 Å². The van der Waals surface area contributed by atoms with E-state index in [9.17, 15) is 8.60 Å². The molecule has 1 atom stereocenters. The maximum absolute atomic E-state index is 13.1. The molecule has 5 nitrogen and oxygen atoms in total. The molecule has 0 bridgehead atoms. The van der Waals surface area contributed by atoms with Crippen LogP contribution >= 0.6 is 0 Å². The lowest BCUT2D eigenvalue weighted by Gasteiger charge is -2.05. The Labute approximate surface area is 149 Å². The van der Waals surface area contributed by atoms with Gasteiger partial charge in [0.25, 0.3) is 0 Å². The molecule has 0 aliphatic heterocycles. The van der Waals surface area contributed by atoms with E-state index in [-0.39, 0.29) is 18.1 Å². The van der Waals surface area contributed by atoms with Gasteiger partial charge in [0.05, 0.1) is 22.9 Å². The van der Waals surface area contributed by atoms with Crippen LogP contribution in [0.5, 0.6) is 0 Å². The molecule has 0 spiro atoms. The molecule has 2 aromatic rings. The smallest absolute Gasteiger partial charge is 0.123 e. The van der Waals surface area contributed by atoms with Crippen LogP contribution < -0.4 is 10.9 Å². The van der Waals surface area contributed by atoms with Crippen molar-refractivity contribution in [1.82, 2.24) is 0 Å². The number of aliphatic hydroxyl groups excluding tert-OH is 1. The summed E-state index contributed by atoms with van der Waals surface area (Å²) in [5, 5.41) is 14.4. The number of aliphatic imine (C=N–C) groups is 1. The minimum atomic E-state index is -1.55. The summed E-state index contributed by atoms with van der Waals surface area (Å²) in [7, 11) is -1.55. The highest BCUT2D eigenvalue weighted by molar-refractivity contribution is 7.82. The Hall–Kier alpha value is -2.35. The third-order valence-electron chi connectivity index (χ3n) is 2.96. The van der Waals surface area contributed by atoms with Crippen LogP contribution in [0.3, 0.4) is 0 Å². The fourth-order valence-corrected chi connectivity index (χ4v) is 2.22. The molecule has 2 aromatic carbocycles. The lowest BCUT2D eigenvalue weighted by molar-refractivity contribution is 0.330. The molecular formula is C18H22FN3O2S. The Morgan fingerprint density at radius 2 is 1.72 bits per heavy atom. The van der Waals surface area contributed by atoms with Crippen LogP contribution in [0.25, 0.3) is 0 Å². The number of benzene rings is 2. The SMILES string of the molecule is CC.N/C(=C\C(=Nc1ccc(S(N)=O)cc1)c1ccc(F)cc1)CO. The maximum Gasteiger partial charge on any atom is 0.123 e. The summed E-state index contributed by atoms with van der Waals surface area (Å²) >= 11 is 0. The predicted molar refractivity (Wildman–Crippen MR) is 100 cm³/mol. The Bertz CT molecular complexity index is 757. The molecule has 0 radical (unpaired) electrons. The van der Waals surface area contributed by atoms with Crippen LogP contribution in [0.15, 0.2) is 70.2 Å².